The minimum Gasteiger partial charge on any atom is -0.340 e. The van der Waals surface area contributed by atoms with E-state index < -0.39 is 0 Å². The van der Waals surface area contributed by atoms with Crippen LogP contribution in [0.3, 0.4) is 0 Å². The number of aromatic nitrogens is 1. The standard InChI is InChI=1S/C13H8ClN3O2/c14-7-1-4-11(15-6-7)16-8-2-3-9-10(5-8)13(19)17-12(9)18/h1-6H,(H,15,16)(H,17,18,19). The van der Waals surface area contributed by atoms with Gasteiger partial charge in [0.15, 0.2) is 0 Å². The van der Waals surface area contributed by atoms with Gasteiger partial charge >= 0.3 is 0 Å². The summed E-state index contributed by atoms with van der Waals surface area (Å²) in [6.07, 6.45) is 1.52. The Morgan fingerprint density at radius 1 is 1.05 bits per heavy atom. The number of hydrogen-bond donors (Lipinski definition) is 2. The van der Waals surface area contributed by atoms with Crippen molar-refractivity contribution in [3.63, 3.8) is 0 Å². The second kappa shape index (κ2) is 4.37. The average molecular weight is 274 g/mol. The zero-order chi connectivity index (χ0) is 13.4. The summed E-state index contributed by atoms with van der Waals surface area (Å²) in [5.74, 6) is -0.141. The highest BCUT2D eigenvalue weighted by Crippen LogP contribution is 2.22. The molecule has 2 amide bonds. The Morgan fingerprint density at radius 2 is 1.84 bits per heavy atom. The number of nitrogens with zero attached hydrogens (tertiary/aromatic N) is 1. The van der Waals surface area contributed by atoms with E-state index in [1.807, 2.05) is 0 Å². The Labute approximate surface area is 113 Å². The average Bonchev–Trinajstić information content (AvgIpc) is 2.68. The van der Waals surface area contributed by atoms with Crippen molar-refractivity contribution in [2.45, 2.75) is 0 Å². The van der Waals surface area contributed by atoms with E-state index in [2.05, 4.69) is 15.6 Å². The van der Waals surface area contributed by atoms with E-state index in [9.17, 15) is 9.59 Å². The first-order valence-corrected chi connectivity index (χ1v) is 5.89. The highest BCUT2D eigenvalue weighted by atomic mass is 35.5. The monoisotopic (exact) mass is 273 g/mol. The van der Waals surface area contributed by atoms with Gasteiger partial charge in [-0.05, 0) is 30.3 Å². The molecule has 94 valence electrons. The van der Waals surface area contributed by atoms with Gasteiger partial charge in [-0.15, -0.1) is 0 Å². The second-order valence-corrected chi connectivity index (χ2v) is 4.47. The summed E-state index contributed by atoms with van der Waals surface area (Å²) >= 11 is 5.75. The number of nitrogens with one attached hydrogen (secondary N) is 2. The number of carbonyl (C=O) groups excluding carboxylic acids is 2. The topological polar surface area (TPSA) is 71.1 Å². The molecule has 0 fully saturated rings. The number of anilines is 2. The Balaban J connectivity index is 1.91. The van der Waals surface area contributed by atoms with Gasteiger partial charge in [0.05, 0.1) is 16.1 Å². The number of fused-ring (bicyclic) bond motifs is 1. The van der Waals surface area contributed by atoms with Crippen LogP contribution in [0.2, 0.25) is 5.02 Å². The molecule has 0 bridgehead atoms. The van der Waals surface area contributed by atoms with E-state index >= 15 is 0 Å². The summed E-state index contributed by atoms with van der Waals surface area (Å²) in [4.78, 5) is 27.0. The third-order valence-corrected chi connectivity index (χ3v) is 2.96. The third kappa shape index (κ3) is 2.15. The van der Waals surface area contributed by atoms with Crippen LogP contribution in [0.25, 0.3) is 0 Å². The largest absolute Gasteiger partial charge is 0.340 e. The molecule has 0 aliphatic carbocycles. The van der Waals surface area contributed by atoms with Crippen LogP contribution in [0.15, 0.2) is 36.5 Å². The van der Waals surface area contributed by atoms with Gasteiger partial charge < -0.3 is 5.32 Å². The fraction of sp³-hybridized carbons (Fsp3) is 0. The van der Waals surface area contributed by atoms with Gasteiger partial charge in [0.1, 0.15) is 5.82 Å². The van der Waals surface area contributed by atoms with E-state index in [1.54, 1.807) is 30.3 Å². The van der Waals surface area contributed by atoms with Gasteiger partial charge in [-0.2, -0.15) is 0 Å². The molecular formula is C13H8ClN3O2. The molecule has 0 saturated heterocycles. The molecule has 1 aromatic heterocycles. The quantitative estimate of drug-likeness (QED) is 0.824. The fourth-order valence-corrected chi connectivity index (χ4v) is 1.96. The molecule has 0 spiro atoms. The van der Waals surface area contributed by atoms with Crippen LogP contribution in [0, 0.1) is 0 Å². The third-order valence-electron chi connectivity index (χ3n) is 2.74. The van der Waals surface area contributed by atoms with Gasteiger partial charge in [0.2, 0.25) is 0 Å². The van der Waals surface area contributed by atoms with Crippen LogP contribution in [-0.2, 0) is 0 Å². The van der Waals surface area contributed by atoms with Crippen molar-refractivity contribution in [1.82, 2.24) is 10.3 Å². The fourth-order valence-electron chi connectivity index (χ4n) is 1.84. The Hall–Kier alpha value is -2.40. The van der Waals surface area contributed by atoms with Crippen LogP contribution in [0.5, 0.6) is 0 Å². The molecule has 1 aliphatic heterocycles. The summed E-state index contributed by atoms with van der Waals surface area (Å²) in [5, 5.41) is 5.82. The molecular weight excluding hydrogens is 266 g/mol. The van der Waals surface area contributed by atoms with Crippen molar-refractivity contribution in [2.75, 3.05) is 5.32 Å². The number of imide groups is 1. The molecule has 2 heterocycles. The molecule has 0 atom stereocenters. The highest BCUT2D eigenvalue weighted by molar-refractivity contribution is 6.30. The number of benzene rings is 1. The van der Waals surface area contributed by atoms with E-state index in [0.29, 0.717) is 27.7 Å². The molecule has 1 aromatic carbocycles. The van der Waals surface area contributed by atoms with Gasteiger partial charge in [-0.3, -0.25) is 14.9 Å². The second-order valence-electron chi connectivity index (χ2n) is 4.03. The molecule has 1 aliphatic rings. The Morgan fingerprint density at radius 3 is 2.58 bits per heavy atom. The minimum absolute atomic E-state index is 0.365. The lowest BCUT2D eigenvalue weighted by atomic mass is 10.1. The smallest absolute Gasteiger partial charge is 0.259 e. The number of halogens is 1. The SMILES string of the molecule is O=C1NC(=O)c2cc(Nc3ccc(Cl)cn3)ccc21. The summed E-state index contributed by atoms with van der Waals surface area (Å²) in [7, 11) is 0. The number of carbonyl (C=O) groups is 2. The highest BCUT2D eigenvalue weighted by Gasteiger charge is 2.26. The van der Waals surface area contributed by atoms with Gasteiger partial charge in [0.25, 0.3) is 11.8 Å². The van der Waals surface area contributed by atoms with Crippen LogP contribution in [-0.4, -0.2) is 16.8 Å². The van der Waals surface area contributed by atoms with Crippen molar-refractivity contribution in [3.8, 4) is 0 Å². The maximum atomic E-state index is 11.5. The van der Waals surface area contributed by atoms with E-state index in [0.717, 1.165) is 0 Å². The normalized spacial score (nSPS) is 13.1. The maximum absolute atomic E-state index is 11.5. The van der Waals surface area contributed by atoms with Crippen molar-refractivity contribution in [2.24, 2.45) is 0 Å². The summed E-state index contributed by atoms with van der Waals surface area (Å²) in [5.41, 5.74) is 1.43. The molecule has 0 unspecified atom stereocenters. The molecule has 2 N–H and O–H groups in total. The lowest BCUT2D eigenvalue weighted by molar-refractivity contribution is 0.0879. The van der Waals surface area contributed by atoms with Crippen molar-refractivity contribution < 1.29 is 9.59 Å². The number of rotatable bonds is 2. The summed E-state index contributed by atoms with van der Waals surface area (Å²) < 4.78 is 0. The molecule has 2 aromatic rings. The maximum Gasteiger partial charge on any atom is 0.259 e. The van der Waals surface area contributed by atoms with E-state index in [-0.39, 0.29) is 11.8 Å². The van der Waals surface area contributed by atoms with Crippen LogP contribution >= 0.6 is 11.6 Å². The van der Waals surface area contributed by atoms with E-state index in [1.165, 1.54) is 6.20 Å². The first-order chi connectivity index (χ1) is 9.13. The lowest BCUT2D eigenvalue weighted by Crippen LogP contribution is -2.19. The van der Waals surface area contributed by atoms with Gasteiger partial charge in [0, 0.05) is 11.9 Å². The molecule has 3 rings (SSSR count). The van der Waals surface area contributed by atoms with Gasteiger partial charge in [-0.25, -0.2) is 4.98 Å². The Kier molecular flexibility index (Phi) is 2.68. The van der Waals surface area contributed by atoms with Crippen molar-refractivity contribution in [3.05, 3.63) is 52.7 Å². The van der Waals surface area contributed by atoms with E-state index in [4.69, 9.17) is 11.6 Å². The van der Waals surface area contributed by atoms with Crippen LogP contribution in [0.4, 0.5) is 11.5 Å². The van der Waals surface area contributed by atoms with Crippen molar-refractivity contribution in [1.29, 1.82) is 0 Å². The van der Waals surface area contributed by atoms with Crippen molar-refractivity contribution >= 4 is 34.9 Å². The van der Waals surface area contributed by atoms with Crippen LogP contribution < -0.4 is 10.6 Å². The van der Waals surface area contributed by atoms with Gasteiger partial charge in [-0.1, -0.05) is 11.6 Å². The first-order valence-electron chi connectivity index (χ1n) is 5.52. The number of pyridine rings is 1. The summed E-state index contributed by atoms with van der Waals surface area (Å²) in [6.45, 7) is 0. The summed E-state index contributed by atoms with van der Waals surface area (Å²) in [6, 6.07) is 8.37. The molecule has 0 saturated carbocycles. The zero-order valence-corrected chi connectivity index (χ0v) is 10.4. The molecule has 19 heavy (non-hydrogen) atoms. The zero-order valence-electron chi connectivity index (χ0n) is 9.61. The number of hydrogen-bond acceptors (Lipinski definition) is 4. The molecule has 5 nitrogen and oxygen atoms in total. The molecule has 6 heteroatoms. The predicted molar refractivity (Wildman–Crippen MR) is 70.8 cm³/mol. The molecule has 0 radical (unpaired) electrons. The predicted octanol–water partition coefficient (Wildman–Crippen LogP) is 2.36. The first kappa shape index (κ1) is 11.7. The number of amides is 2. The van der Waals surface area contributed by atoms with Crippen LogP contribution in [0.1, 0.15) is 20.7 Å². The Bertz CT molecular complexity index is 683. The lowest BCUT2D eigenvalue weighted by Gasteiger charge is -2.06. The minimum atomic E-state index is -0.382.